The monoisotopic (exact) mass is 486 g/mol. The number of methoxy groups -OCH3 is 1. The van der Waals surface area contributed by atoms with Crippen molar-refractivity contribution in [1.82, 2.24) is 35.1 Å². The van der Waals surface area contributed by atoms with E-state index in [0.717, 1.165) is 47.0 Å². The third-order valence-electron chi connectivity index (χ3n) is 6.48. The Balaban J connectivity index is 1.41. The van der Waals surface area contributed by atoms with Crippen LogP contribution in [0, 0.1) is 6.92 Å². The molecule has 186 valence electrons. The molecule has 1 aliphatic rings. The topological polar surface area (TPSA) is 105 Å². The van der Waals surface area contributed by atoms with Gasteiger partial charge in [0, 0.05) is 25.2 Å². The van der Waals surface area contributed by atoms with Crippen LogP contribution in [0.15, 0.2) is 48.5 Å². The number of rotatable bonds is 8. The molecule has 0 amide bonds. The van der Waals surface area contributed by atoms with Crippen molar-refractivity contribution in [3.05, 3.63) is 65.6 Å². The van der Waals surface area contributed by atoms with Crippen molar-refractivity contribution in [2.75, 3.05) is 31.8 Å². The van der Waals surface area contributed by atoms with Crippen molar-refractivity contribution in [2.24, 2.45) is 0 Å². The van der Waals surface area contributed by atoms with Gasteiger partial charge in [-0.3, -0.25) is 9.69 Å². The number of anilines is 1. The number of ether oxygens (including phenoxy) is 1. The maximum absolute atomic E-state index is 12.0. The average Bonchev–Trinajstić information content (AvgIpc) is 3.54. The first-order chi connectivity index (χ1) is 17.6. The lowest BCUT2D eigenvalue weighted by atomic mass is 9.98. The quantitative estimate of drug-likeness (QED) is 0.379. The van der Waals surface area contributed by atoms with Crippen LogP contribution in [0.25, 0.3) is 22.5 Å². The Morgan fingerprint density at radius 3 is 2.58 bits per heavy atom. The molecule has 0 bridgehead atoms. The van der Waals surface area contributed by atoms with E-state index < -0.39 is 0 Å². The van der Waals surface area contributed by atoms with Gasteiger partial charge < -0.3 is 14.2 Å². The standard InChI is InChI=1S/C26H30N8O2/c1-4-13-33-17-32(16-24(35)36-3)15-23-26(33)27-18(2)34(23)14-19-9-11-20(12-10-19)21-7-5-6-8-22(21)25-28-30-31-29-25/h5-12H,4,13-17H2,1-3H3,(H,28,29,30,31). The molecule has 4 aromatic rings. The largest absolute Gasteiger partial charge is 0.468 e. The Bertz CT molecular complexity index is 1330. The Morgan fingerprint density at radius 2 is 1.89 bits per heavy atom. The van der Waals surface area contributed by atoms with E-state index in [1.54, 1.807) is 0 Å². The van der Waals surface area contributed by atoms with E-state index in [1.807, 2.05) is 25.1 Å². The second-order valence-electron chi connectivity index (χ2n) is 8.96. The predicted molar refractivity (Wildman–Crippen MR) is 136 cm³/mol. The zero-order valence-corrected chi connectivity index (χ0v) is 20.8. The zero-order chi connectivity index (χ0) is 25.1. The van der Waals surface area contributed by atoms with Gasteiger partial charge in [0.2, 0.25) is 5.82 Å². The molecule has 0 radical (unpaired) electrons. The van der Waals surface area contributed by atoms with Crippen LogP contribution in [-0.2, 0) is 22.6 Å². The minimum absolute atomic E-state index is 0.227. The van der Waals surface area contributed by atoms with Gasteiger partial charge in [0.25, 0.3) is 0 Å². The van der Waals surface area contributed by atoms with Gasteiger partial charge in [-0.1, -0.05) is 55.5 Å². The number of aromatic nitrogens is 6. The molecule has 0 spiro atoms. The number of H-pyrrole nitrogens is 1. The molecular formula is C26H30N8O2. The van der Waals surface area contributed by atoms with Gasteiger partial charge in [-0.2, -0.15) is 5.21 Å². The van der Waals surface area contributed by atoms with Gasteiger partial charge in [0.05, 0.1) is 26.0 Å². The molecule has 0 saturated carbocycles. The third-order valence-corrected chi connectivity index (χ3v) is 6.48. The fourth-order valence-electron chi connectivity index (χ4n) is 4.76. The first kappa shape index (κ1) is 23.7. The summed E-state index contributed by atoms with van der Waals surface area (Å²) < 4.78 is 7.17. The summed E-state index contributed by atoms with van der Waals surface area (Å²) >= 11 is 0. The van der Waals surface area contributed by atoms with E-state index in [9.17, 15) is 4.79 Å². The third kappa shape index (κ3) is 4.72. The summed E-state index contributed by atoms with van der Waals surface area (Å²) in [4.78, 5) is 21.2. The van der Waals surface area contributed by atoms with E-state index in [1.165, 1.54) is 12.7 Å². The smallest absolute Gasteiger partial charge is 0.319 e. The molecule has 1 N–H and O–H groups in total. The molecule has 1 aliphatic heterocycles. The molecular weight excluding hydrogens is 456 g/mol. The molecule has 5 rings (SSSR count). The average molecular weight is 487 g/mol. The summed E-state index contributed by atoms with van der Waals surface area (Å²) in [7, 11) is 1.43. The van der Waals surface area contributed by atoms with Crippen LogP contribution >= 0.6 is 0 Å². The summed E-state index contributed by atoms with van der Waals surface area (Å²) in [6.07, 6.45) is 1.00. The molecule has 3 heterocycles. The van der Waals surface area contributed by atoms with Crippen LogP contribution in [0.4, 0.5) is 5.82 Å². The maximum Gasteiger partial charge on any atom is 0.319 e. The normalized spacial score (nSPS) is 13.6. The number of fused-ring (bicyclic) bond motifs is 1. The fourth-order valence-corrected chi connectivity index (χ4v) is 4.76. The lowest BCUT2D eigenvalue weighted by Crippen LogP contribution is -2.45. The number of aromatic amines is 1. The number of nitrogens with one attached hydrogen (secondary N) is 1. The van der Waals surface area contributed by atoms with Crippen molar-refractivity contribution in [1.29, 1.82) is 0 Å². The van der Waals surface area contributed by atoms with Crippen LogP contribution < -0.4 is 4.90 Å². The summed E-state index contributed by atoms with van der Waals surface area (Å²) in [5, 5.41) is 14.5. The molecule has 2 aromatic carbocycles. The van der Waals surface area contributed by atoms with E-state index in [0.29, 0.717) is 25.6 Å². The lowest BCUT2D eigenvalue weighted by molar-refractivity contribution is -0.142. The Kier molecular flexibility index (Phi) is 6.77. The minimum Gasteiger partial charge on any atom is -0.468 e. The number of hydrogen-bond acceptors (Lipinski definition) is 8. The van der Waals surface area contributed by atoms with Gasteiger partial charge in [0.15, 0.2) is 5.82 Å². The molecule has 0 saturated heterocycles. The number of tetrazole rings is 1. The van der Waals surface area contributed by atoms with Crippen molar-refractivity contribution in [3.8, 4) is 22.5 Å². The fraction of sp³-hybridized carbons (Fsp3) is 0.346. The van der Waals surface area contributed by atoms with Crippen molar-refractivity contribution in [3.63, 3.8) is 0 Å². The number of imidazole rings is 1. The minimum atomic E-state index is -0.227. The Labute approximate surface area is 209 Å². The highest BCUT2D eigenvalue weighted by Gasteiger charge is 2.29. The number of benzene rings is 2. The van der Waals surface area contributed by atoms with E-state index >= 15 is 0 Å². The van der Waals surface area contributed by atoms with Crippen molar-refractivity contribution >= 4 is 11.8 Å². The van der Waals surface area contributed by atoms with Crippen molar-refractivity contribution in [2.45, 2.75) is 33.4 Å². The molecule has 2 aromatic heterocycles. The maximum atomic E-state index is 12.0. The van der Waals surface area contributed by atoms with Crippen molar-refractivity contribution < 1.29 is 9.53 Å². The van der Waals surface area contributed by atoms with Crippen LogP contribution in [-0.4, -0.2) is 67.9 Å². The van der Waals surface area contributed by atoms with Gasteiger partial charge in [-0.15, -0.1) is 10.2 Å². The first-order valence-electron chi connectivity index (χ1n) is 12.1. The van der Waals surface area contributed by atoms with E-state index in [2.05, 4.69) is 72.2 Å². The van der Waals surface area contributed by atoms with Gasteiger partial charge in [-0.05, 0) is 35.2 Å². The number of carbonyl (C=O) groups is 1. The molecule has 10 nitrogen and oxygen atoms in total. The lowest BCUT2D eigenvalue weighted by Gasteiger charge is -2.35. The van der Waals surface area contributed by atoms with Crippen LogP contribution in [0.5, 0.6) is 0 Å². The number of esters is 1. The predicted octanol–water partition coefficient (Wildman–Crippen LogP) is 3.25. The summed E-state index contributed by atoms with van der Waals surface area (Å²) in [5.74, 6) is 2.33. The number of carbonyl (C=O) groups excluding carboxylic acids is 1. The number of hydrogen-bond donors (Lipinski definition) is 1. The van der Waals surface area contributed by atoms with E-state index in [-0.39, 0.29) is 12.5 Å². The highest BCUT2D eigenvalue weighted by Crippen LogP contribution is 2.31. The van der Waals surface area contributed by atoms with Gasteiger partial charge in [-0.25, -0.2) is 4.98 Å². The SMILES string of the molecule is CCCN1CN(CC(=O)OC)Cc2c1nc(C)n2Cc1ccc(-c2ccccc2-c2nn[nH]n2)cc1. The summed E-state index contributed by atoms with van der Waals surface area (Å²) in [6, 6.07) is 16.6. The number of nitrogens with zero attached hydrogens (tertiary/aromatic N) is 7. The van der Waals surface area contributed by atoms with Crippen LogP contribution in [0.3, 0.4) is 0 Å². The zero-order valence-electron chi connectivity index (χ0n) is 20.8. The molecule has 36 heavy (non-hydrogen) atoms. The molecule has 0 atom stereocenters. The molecule has 10 heteroatoms. The molecule has 0 aliphatic carbocycles. The van der Waals surface area contributed by atoms with Crippen LogP contribution in [0.2, 0.25) is 0 Å². The first-order valence-corrected chi connectivity index (χ1v) is 12.1. The summed E-state index contributed by atoms with van der Waals surface area (Å²) in [5.41, 5.74) is 5.37. The van der Waals surface area contributed by atoms with Crippen LogP contribution in [0.1, 0.15) is 30.4 Å². The second kappa shape index (κ2) is 10.3. The highest BCUT2D eigenvalue weighted by atomic mass is 16.5. The Morgan fingerprint density at radius 1 is 1.11 bits per heavy atom. The second-order valence-corrected chi connectivity index (χ2v) is 8.96. The van der Waals surface area contributed by atoms with E-state index in [4.69, 9.17) is 9.72 Å². The summed E-state index contributed by atoms with van der Waals surface area (Å²) in [6.45, 7) is 7.36. The molecule has 0 fully saturated rings. The van der Waals surface area contributed by atoms with Gasteiger partial charge in [0.1, 0.15) is 5.82 Å². The Hall–Kier alpha value is -4.05. The highest BCUT2D eigenvalue weighted by molar-refractivity contribution is 5.80. The molecule has 0 unspecified atom stereocenters. The number of aryl methyl sites for hydroxylation is 1. The van der Waals surface area contributed by atoms with Gasteiger partial charge >= 0.3 is 5.97 Å².